The first kappa shape index (κ1) is 13.4. The highest BCUT2D eigenvalue weighted by atomic mass is 15.3. The predicted octanol–water partition coefficient (Wildman–Crippen LogP) is 1.58. The van der Waals surface area contributed by atoms with Gasteiger partial charge in [0.25, 0.3) is 0 Å². The molecule has 1 aromatic rings. The number of rotatable bonds is 3. The average Bonchev–Trinajstić information content (AvgIpc) is 2.67. The number of aromatic nitrogens is 2. The summed E-state index contributed by atoms with van der Waals surface area (Å²) in [6, 6.07) is 0.119. The number of hydrogen-bond donors (Lipinski definition) is 3. The normalized spacial score (nSPS) is 30.3. The Labute approximate surface area is 109 Å². The highest BCUT2D eigenvalue weighted by molar-refractivity contribution is 5.41. The van der Waals surface area contributed by atoms with Gasteiger partial charge in [0.05, 0.1) is 12.2 Å². The van der Waals surface area contributed by atoms with Crippen molar-refractivity contribution in [2.45, 2.75) is 39.2 Å². The Morgan fingerprint density at radius 2 is 2.11 bits per heavy atom. The van der Waals surface area contributed by atoms with Crippen molar-refractivity contribution in [1.29, 1.82) is 0 Å². The smallest absolute Gasteiger partial charge is 0.126 e. The van der Waals surface area contributed by atoms with Crippen molar-refractivity contribution < 1.29 is 0 Å². The predicted molar refractivity (Wildman–Crippen MR) is 73.4 cm³/mol. The lowest BCUT2D eigenvalue weighted by Crippen LogP contribution is -2.37. The van der Waals surface area contributed by atoms with E-state index in [1.807, 2.05) is 13.2 Å². The number of nitrogens with zero attached hydrogens (tertiary/aromatic N) is 2. The van der Waals surface area contributed by atoms with Gasteiger partial charge in [0.1, 0.15) is 5.82 Å². The van der Waals surface area contributed by atoms with Gasteiger partial charge in [-0.3, -0.25) is 16.0 Å². The van der Waals surface area contributed by atoms with Crippen LogP contribution in [0.1, 0.15) is 44.7 Å². The van der Waals surface area contributed by atoms with Gasteiger partial charge in [-0.1, -0.05) is 20.3 Å². The summed E-state index contributed by atoms with van der Waals surface area (Å²) in [5.74, 6) is 8.57. The van der Waals surface area contributed by atoms with E-state index in [2.05, 4.69) is 24.4 Å². The summed E-state index contributed by atoms with van der Waals surface area (Å²) >= 11 is 0. The van der Waals surface area contributed by atoms with E-state index in [9.17, 15) is 0 Å². The highest BCUT2D eigenvalue weighted by Crippen LogP contribution is 2.40. The second-order valence-corrected chi connectivity index (χ2v) is 5.78. The van der Waals surface area contributed by atoms with E-state index in [1.54, 1.807) is 4.68 Å². The largest absolute Gasteiger partial charge is 0.384 e. The van der Waals surface area contributed by atoms with Crippen molar-refractivity contribution in [2.75, 3.05) is 5.73 Å². The zero-order valence-electron chi connectivity index (χ0n) is 11.6. The van der Waals surface area contributed by atoms with Crippen molar-refractivity contribution in [3.8, 4) is 0 Å². The van der Waals surface area contributed by atoms with Crippen LogP contribution in [0.5, 0.6) is 0 Å². The van der Waals surface area contributed by atoms with E-state index in [-0.39, 0.29) is 6.04 Å². The van der Waals surface area contributed by atoms with Crippen LogP contribution in [0.4, 0.5) is 5.82 Å². The van der Waals surface area contributed by atoms with Gasteiger partial charge in [0.2, 0.25) is 0 Å². The summed E-state index contributed by atoms with van der Waals surface area (Å²) in [7, 11) is 1.86. The Kier molecular flexibility index (Phi) is 3.92. The van der Waals surface area contributed by atoms with Gasteiger partial charge in [-0.25, -0.2) is 0 Å². The van der Waals surface area contributed by atoms with Gasteiger partial charge >= 0.3 is 0 Å². The van der Waals surface area contributed by atoms with Gasteiger partial charge in [-0.2, -0.15) is 5.10 Å². The Bertz CT molecular complexity index is 400. The molecule has 5 heteroatoms. The zero-order valence-corrected chi connectivity index (χ0v) is 11.6. The van der Waals surface area contributed by atoms with Crippen molar-refractivity contribution in [1.82, 2.24) is 15.2 Å². The molecule has 0 aromatic carbocycles. The first-order chi connectivity index (χ1) is 8.54. The molecular weight excluding hydrogens is 226 g/mol. The van der Waals surface area contributed by atoms with Crippen LogP contribution in [0, 0.1) is 17.8 Å². The van der Waals surface area contributed by atoms with Gasteiger partial charge in [0, 0.05) is 12.6 Å². The van der Waals surface area contributed by atoms with Gasteiger partial charge in [-0.15, -0.1) is 0 Å². The second kappa shape index (κ2) is 5.28. The van der Waals surface area contributed by atoms with Gasteiger partial charge in [-0.05, 0) is 30.6 Å². The monoisotopic (exact) mass is 251 g/mol. The van der Waals surface area contributed by atoms with Crippen molar-refractivity contribution >= 4 is 5.82 Å². The summed E-state index contributed by atoms with van der Waals surface area (Å²) in [5, 5.41) is 4.21. The minimum absolute atomic E-state index is 0.119. The van der Waals surface area contributed by atoms with Crippen LogP contribution in [-0.4, -0.2) is 9.78 Å². The molecule has 18 heavy (non-hydrogen) atoms. The number of anilines is 1. The number of hydrazine groups is 1. The van der Waals surface area contributed by atoms with Crippen LogP contribution < -0.4 is 17.0 Å². The Hall–Kier alpha value is -1.07. The van der Waals surface area contributed by atoms with Crippen LogP contribution in [0.15, 0.2) is 6.20 Å². The maximum atomic E-state index is 6.05. The van der Waals surface area contributed by atoms with Gasteiger partial charge < -0.3 is 5.73 Å². The van der Waals surface area contributed by atoms with E-state index < -0.39 is 0 Å². The van der Waals surface area contributed by atoms with E-state index >= 15 is 0 Å². The maximum absolute atomic E-state index is 6.05. The lowest BCUT2D eigenvalue weighted by molar-refractivity contribution is 0.171. The lowest BCUT2D eigenvalue weighted by Gasteiger charge is -2.36. The molecule has 1 aliphatic carbocycles. The van der Waals surface area contributed by atoms with E-state index in [1.165, 1.54) is 19.3 Å². The molecule has 4 atom stereocenters. The standard InChI is InChI=1S/C13H25N5/c1-8-4-5-10(6-9(8)2)12(17-15)11-7-16-18(3)13(11)14/h7-10,12,17H,4-6,14-15H2,1-3H3. The number of nitrogen functional groups attached to an aromatic ring is 1. The molecule has 102 valence electrons. The molecule has 0 aliphatic heterocycles. The molecule has 0 spiro atoms. The van der Waals surface area contributed by atoms with Crippen molar-refractivity contribution in [3.05, 3.63) is 11.8 Å². The van der Waals surface area contributed by atoms with Crippen LogP contribution in [-0.2, 0) is 7.05 Å². The summed E-state index contributed by atoms with van der Waals surface area (Å²) < 4.78 is 1.70. The van der Waals surface area contributed by atoms with E-state index in [4.69, 9.17) is 11.6 Å². The third kappa shape index (κ3) is 2.37. The maximum Gasteiger partial charge on any atom is 0.126 e. The molecule has 0 bridgehead atoms. The molecular formula is C13H25N5. The van der Waals surface area contributed by atoms with Crippen LogP contribution in [0.25, 0.3) is 0 Å². The molecule has 1 heterocycles. The number of hydrogen-bond acceptors (Lipinski definition) is 4. The summed E-state index contributed by atoms with van der Waals surface area (Å²) in [5.41, 5.74) is 10.0. The molecule has 5 N–H and O–H groups in total. The molecule has 2 rings (SSSR count). The van der Waals surface area contributed by atoms with Gasteiger partial charge in [0.15, 0.2) is 0 Å². The molecule has 0 amide bonds. The highest BCUT2D eigenvalue weighted by Gasteiger charge is 2.32. The third-order valence-electron chi connectivity index (χ3n) is 4.64. The molecule has 0 radical (unpaired) electrons. The van der Waals surface area contributed by atoms with Crippen LogP contribution in [0.3, 0.4) is 0 Å². The summed E-state index contributed by atoms with van der Waals surface area (Å²) in [6.07, 6.45) is 5.51. The molecule has 1 fully saturated rings. The number of nitrogens with two attached hydrogens (primary N) is 2. The molecule has 1 aromatic heterocycles. The Morgan fingerprint density at radius 3 is 2.61 bits per heavy atom. The zero-order chi connectivity index (χ0) is 13.3. The van der Waals surface area contributed by atoms with Crippen LogP contribution >= 0.6 is 0 Å². The minimum atomic E-state index is 0.119. The molecule has 1 saturated carbocycles. The summed E-state index contributed by atoms with van der Waals surface area (Å²) in [6.45, 7) is 4.67. The molecule has 1 aliphatic rings. The Morgan fingerprint density at radius 1 is 1.39 bits per heavy atom. The summed E-state index contributed by atoms with van der Waals surface area (Å²) in [4.78, 5) is 0. The third-order valence-corrected chi connectivity index (χ3v) is 4.64. The Balaban J connectivity index is 2.16. The number of nitrogens with one attached hydrogen (secondary N) is 1. The van der Waals surface area contributed by atoms with E-state index in [0.29, 0.717) is 11.7 Å². The SMILES string of the molecule is CC1CCC(C(NN)c2cnn(C)c2N)CC1C. The fourth-order valence-electron chi connectivity index (χ4n) is 3.08. The first-order valence-electron chi connectivity index (χ1n) is 6.78. The second-order valence-electron chi connectivity index (χ2n) is 5.78. The molecule has 0 saturated heterocycles. The first-order valence-corrected chi connectivity index (χ1v) is 6.78. The quantitative estimate of drug-likeness (QED) is 0.562. The molecule has 5 nitrogen and oxygen atoms in total. The van der Waals surface area contributed by atoms with Crippen molar-refractivity contribution in [2.24, 2.45) is 30.6 Å². The minimum Gasteiger partial charge on any atom is -0.384 e. The number of aryl methyl sites for hydroxylation is 1. The fourth-order valence-corrected chi connectivity index (χ4v) is 3.08. The molecule has 4 unspecified atom stereocenters. The van der Waals surface area contributed by atoms with Crippen LogP contribution in [0.2, 0.25) is 0 Å². The average molecular weight is 251 g/mol. The topological polar surface area (TPSA) is 81.9 Å². The van der Waals surface area contributed by atoms with E-state index in [0.717, 1.165) is 17.4 Å². The van der Waals surface area contributed by atoms with Crippen molar-refractivity contribution in [3.63, 3.8) is 0 Å². The lowest BCUT2D eigenvalue weighted by atomic mass is 9.72. The fraction of sp³-hybridized carbons (Fsp3) is 0.769.